The topological polar surface area (TPSA) is 46.8 Å². The smallest absolute Gasteiger partial charge is 0.0956 e. The van der Waals surface area contributed by atoms with Crippen molar-refractivity contribution in [2.24, 2.45) is 0 Å². The maximum atomic E-state index is 4.66. The molecule has 6 heteroatoms. The third kappa shape index (κ3) is 2.62. The Hall–Kier alpha value is -2.57. The lowest BCUT2D eigenvalue weighted by atomic mass is 10.0. The van der Waals surface area contributed by atoms with Gasteiger partial charge in [-0.3, -0.25) is 9.88 Å². The molecule has 1 atom stereocenters. The number of hydrogen-bond acceptors (Lipinski definition) is 5. The summed E-state index contributed by atoms with van der Waals surface area (Å²) in [7, 11) is 0. The van der Waals surface area contributed by atoms with E-state index < -0.39 is 0 Å². The van der Waals surface area contributed by atoms with E-state index in [1.807, 2.05) is 24.1 Å². The Morgan fingerprint density at radius 1 is 1.15 bits per heavy atom. The van der Waals surface area contributed by atoms with E-state index in [1.54, 1.807) is 17.5 Å². The van der Waals surface area contributed by atoms with Crippen molar-refractivity contribution in [3.05, 3.63) is 65.8 Å². The molecule has 130 valence electrons. The summed E-state index contributed by atoms with van der Waals surface area (Å²) in [6.45, 7) is 5.15. The van der Waals surface area contributed by atoms with Crippen LogP contribution in [-0.4, -0.2) is 31.0 Å². The van der Waals surface area contributed by atoms with Gasteiger partial charge in [0.15, 0.2) is 0 Å². The van der Waals surface area contributed by atoms with Crippen LogP contribution < -0.4 is 0 Å². The molecular weight excluding hydrogens is 342 g/mol. The van der Waals surface area contributed by atoms with Gasteiger partial charge in [-0.25, -0.2) is 9.97 Å². The molecule has 0 amide bonds. The highest BCUT2D eigenvalue weighted by Crippen LogP contribution is 2.31. The van der Waals surface area contributed by atoms with E-state index in [0.717, 1.165) is 36.4 Å². The molecule has 1 aliphatic rings. The molecule has 5 nitrogen and oxygen atoms in total. The Morgan fingerprint density at radius 2 is 2.12 bits per heavy atom. The van der Waals surface area contributed by atoms with E-state index in [2.05, 4.69) is 55.6 Å². The van der Waals surface area contributed by atoms with Crippen LogP contribution in [-0.2, 0) is 13.1 Å². The Kier molecular flexibility index (Phi) is 3.80. The van der Waals surface area contributed by atoms with Crippen molar-refractivity contribution in [3.8, 4) is 11.3 Å². The predicted molar refractivity (Wildman–Crippen MR) is 104 cm³/mol. The Morgan fingerprint density at radius 3 is 3.00 bits per heavy atom. The molecule has 3 aromatic heterocycles. The lowest BCUT2D eigenvalue weighted by Crippen LogP contribution is -2.35. The number of imidazole rings is 1. The summed E-state index contributed by atoms with van der Waals surface area (Å²) in [6, 6.07) is 11.0. The number of nitrogens with zero attached hydrogens (tertiary/aromatic N) is 5. The number of benzene rings is 1. The first-order valence-corrected chi connectivity index (χ1v) is 9.69. The largest absolute Gasteiger partial charge is 0.332 e. The second-order valence-corrected chi connectivity index (χ2v) is 7.59. The predicted octanol–water partition coefficient (Wildman–Crippen LogP) is 4.13. The minimum Gasteiger partial charge on any atom is -0.332 e. The van der Waals surface area contributed by atoms with Crippen molar-refractivity contribution in [1.82, 2.24) is 24.4 Å². The highest BCUT2D eigenvalue weighted by Gasteiger charge is 2.25. The van der Waals surface area contributed by atoms with Crippen LogP contribution in [0.25, 0.3) is 21.5 Å². The standard InChI is InChI=1S/C20H19N5S/c1-14(15-4-5-19-17(9-15)23-13-26-19)24-7-8-25-12-22-20(18(25)11-24)16-3-2-6-21-10-16/h2-6,9-10,12-14H,7-8,11H2,1H3. The van der Waals surface area contributed by atoms with E-state index >= 15 is 0 Å². The lowest BCUT2D eigenvalue weighted by molar-refractivity contribution is 0.167. The Balaban J connectivity index is 1.45. The summed E-state index contributed by atoms with van der Waals surface area (Å²) >= 11 is 1.69. The fourth-order valence-electron chi connectivity index (χ4n) is 3.69. The van der Waals surface area contributed by atoms with Crippen LogP contribution in [0, 0.1) is 0 Å². The van der Waals surface area contributed by atoms with Gasteiger partial charge in [-0.15, -0.1) is 11.3 Å². The molecule has 5 rings (SSSR count). The fourth-order valence-corrected chi connectivity index (χ4v) is 4.35. The Bertz CT molecular complexity index is 1050. The molecule has 0 saturated carbocycles. The monoisotopic (exact) mass is 361 g/mol. The normalized spacial score (nSPS) is 15.9. The Labute approximate surface area is 156 Å². The molecule has 0 spiro atoms. The zero-order valence-electron chi connectivity index (χ0n) is 14.5. The van der Waals surface area contributed by atoms with Crippen molar-refractivity contribution in [1.29, 1.82) is 0 Å². The molecule has 0 fully saturated rings. The molecule has 1 aromatic carbocycles. The molecule has 26 heavy (non-hydrogen) atoms. The molecule has 0 saturated heterocycles. The summed E-state index contributed by atoms with van der Waals surface area (Å²) in [5.41, 5.74) is 7.73. The zero-order valence-corrected chi connectivity index (χ0v) is 15.4. The van der Waals surface area contributed by atoms with E-state index in [-0.39, 0.29) is 0 Å². The summed E-state index contributed by atoms with van der Waals surface area (Å²) in [5.74, 6) is 0. The van der Waals surface area contributed by atoms with Gasteiger partial charge in [0, 0.05) is 43.6 Å². The molecule has 1 aliphatic heterocycles. The van der Waals surface area contributed by atoms with Crippen LogP contribution in [0.5, 0.6) is 0 Å². The SMILES string of the molecule is CC(c1ccc2scnc2c1)N1CCn2cnc(-c3cccnc3)c2C1. The van der Waals surface area contributed by atoms with Gasteiger partial charge in [-0.1, -0.05) is 6.07 Å². The highest BCUT2D eigenvalue weighted by molar-refractivity contribution is 7.16. The average molecular weight is 361 g/mol. The molecule has 1 unspecified atom stereocenters. The maximum absolute atomic E-state index is 4.66. The van der Waals surface area contributed by atoms with Crippen LogP contribution in [0.3, 0.4) is 0 Å². The number of rotatable bonds is 3. The van der Waals surface area contributed by atoms with Gasteiger partial charge in [0.1, 0.15) is 0 Å². The summed E-state index contributed by atoms with van der Waals surface area (Å²) < 4.78 is 3.52. The number of hydrogen-bond donors (Lipinski definition) is 0. The molecule has 0 bridgehead atoms. The zero-order chi connectivity index (χ0) is 17.5. The molecule has 0 radical (unpaired) electrons. The lowest BCUT2D eigenvalue weighted by Gasteiger charge is -2.34. The van der Waals surface area contributed by atoms with Gasteiger partial charge >= 0.3 is 0 Å². The summed E-state index contributed by atoms with van der Waals surface area (Å²) in [6.07, 6.45) is 5.65. The molecule has 0 N–H and O–H groups in total. The molecular formula is C20H19N5S. The van der Waals surface area contributed by atoms with Crippen LogP contribution in [0.4, 0.5) is 0 Å². The quantitative estimate of drug-likeness (QED) is 0.550. The number of fused-ring (bicyclic) bond motifs is 2. The number of aromatic nitrogens is 4. The third-order valence-electron chi connectivity index (χ3n) is 5.25. The third-order valence-corrected chi connectivity index (χ3v) is 6.06. The second-order valence-electron chi connectivity index (χ2n) is 6.70. The minimum atomic E-state index is 0.339. The van der Waals surface area contributed by atoms with Gasteiger partial charge in [-0.05, 0) is 36.8 Å². The van der Waals surface area contributed by atoms with E-state index in [9.17, 15) is 0 Å². The summed E-state index contributed by atoms with van der Waals surface area (Å²) in [4.78, 5) is 15.9. The average Bonchev–Trinajstić information content (AvgIpc) is 3.33. The maximum Gasteiger partial charge on any atom is 0.0956 e. The minimum absolute atomic E-state index is 0.339. The van der Waals surface area contributed by atoms with Crippen molar-refractivity contribution in [2.75, 3.05) is 6.54 Å². The van der Waals surface area contributed by atoms with Crippen molar-refractivity contribution < 1.29 is 0 Å². The van der Waals surface area contributed by atoms with Gasteiger partial charge < -0.3 is 4.57 Å². The fraction of sp³-hybridized carbons (Fsp3) is 0.250. The number of pyridine rings is 1. The van der Waals surface area contributed by atoms with E-state index in [1.165, 1.54) is 16.0 Å². The van der Waals surface area contributed by atoms with Gasteiger partial charge in [0.05, 0.1) is 33.4 Å². The first-order valence-electron chi connectivity index (χ1n) is 8.81. The summed E-state index contributed by atoms with van der Waals surface area (Å²) in [5, 5.41) is 0. The van der Waals surface area contributed by atoms with Crippen LogP contribution in [0.15, 0.2) is 54.6 Å². The van der Waals surface area contributed by atoms with E-state index in [0.29, 0.717) is 6.04 Å². The second kappa shape index (κ2) is 6.30. The van der Waals surface area contributed by atoms with Crippen LogP contribution >= 0.6 is 11.3 Å². The highest BCUT2D eigenvalue weighted by atomic mass is 32.1. The van der Waals surface area contributed by atoms with Crippen molar-refractivity contribution in [3.63, 3.8) is 0 Å². The first-order chi connectivity index (χ1) is 12.8. The molecule has 0 aliphatic carbocycles. The van der Waals surface area contributed by atoms with E-state index in [4.69, 9.17) is 0 Å². The van der Waals surface area contributed by atoms with Gasteiger partial charge in [0.2, 0.25) is 0 Å². The van der Waals surface area contributed by atoms with Gasteiger partial charge in [-0.2, -0.15) is 0 Å². The molecule has 4 heterocycles. The van der Waals surface area contributed by atoms with Crippen molar-refractivity contribution in [2.45, 2.75) is 26.1 Å². The molecule has 4 aromatic rings. The first kappa shape index (κ1) is 15.7. The van der Waals surface area contributed by atoms with Crippen LogP contribution in [0.1, 0.15) is 24.2 Å². The number of thiazole rings is 1. The van der Waals surface area contributed by atoms with Crippen LogP contribution in [0.2, 0.25) is 0 Å². The van der Waals surface area contributed by atoms with Gasteiger partial charge in [0.25, 0.3) is 0 Å². The van der Waals surface area contributed by atoms with Crippen molar-refractivity contribution >= 4 is 21.6 Å².